The van der Waals surface area contributed by atoms with E-state index < -0.39 is 12.1 Å². The van der Waals surface area contributed by atoms with Crippen LogP contribution in [-0.4, -0.2) is 42.9 Å². The van der Waals surface area contributed by atoms with Gasteiger partial charge in [0.15, 0.2) is 5.78 Å². The van der Waals surface area contributed by atoms with Gasteiger partial charge in [0.2, 0.25) is 0 Å². The van der Waals surface area contributed by atoms with Gasteiger partial charge in [-0.1, -0.05) is 18.2 Å². The number of rotatable bonds is 2. The minimum atomic E-state index is -0.681. The smallest absolute Gasteiger partial charge is 0.415 e. The maximum Gasteiger partial charge on any atom is 0.415 e. The van der Waals surface area contributed by atoms with Crippen LogP contribution in [0.4, 0.5) is 4.79 Å². The summed E-state index contributed by atoms with van der Waals surface area (Å²) in [5.74, 6) is -0.601. The first-order valence-electron chi connectivity index (χ1n) is 5.93. The number of carbonyl (C=O) groups is 3. The maximum atomic E-state index is 11.9. The van der Waals surface area contributed by atoms with Gasteiger partial charge in [-0.15, -0.1) is 0 Å². The fraction of sp³-hybridized carbons (Fsp3) is 0.214. The molecule has 2 rings (SSSR count). The second-order valence-corrected chi connectivity index (χ2v) is 4.16. The van der Waals surface area contributed by atoms with E-state index in [4.69, 9.17) is 4.74 Å². The predicted octanol–water partition coefficient (Wildman–Crippen LogP) is 1.17. The minimum absolute atomic E-state index is 0.00984. The monoisotopic (exact) mass is 275 g/mol. The van der Waals surface area contributed by atoms with Crippen molar-refractivity contribution in [2.45, 2.75) is 0 Å². The Labute approximate surface area is 115 Å². The van der Waals surface area contributed by atoms with Crippen LogP contribution in [0, 0.1) is 0 Å². The first-order valence-corrected chi connectivity index (χ1v) is 5.93. The Morgan fingerprint density at radius 2 is 1.85 bits per heavy atom. The quantitative estimate of drug-likeness (QED) is 0.757. The third kappa shape index (κ3) is 3.23. The summed E-state index contributed by atoms with van der Waals surface area (Å²) in [6.45, 7) is -0.129. The van der Waals surface area contributed by atoms with Gasteiger partial charge in [0.25, 0.3) is 0 Å². The molecule has 0 saturated heterocycles. The zero-order valence-electron chi connectivity index (χ0n) is 10.9. The van der Waals surface area contributed by atoms with Crippen molar-refractivity contribution in [1.29, 1.82) is 0 Å². The van der Waals surface area contributed by atoms with E-state index in [1.807, 2.05) is 0 Å². The lowest BCUT2D eigenvalue weighted by Crippen LogP contribution is -2.42. The van der Waals surface area contributed by atoms with E-state index in [-0.39, 0.29) is 24.4 Å². The fourth-order valence-electron chi connectivity index (χ4n) is 1.77. The van der Waals surface area contributed by atoms with Crippen LogP contribution < -0.4 is 4.74 Å². The van der Waals surface area contributed by atoms with Crippen molar-refractivity contribution in [2.75, 3.05) is 20.2 Å². The largest absolute Gasteiger partial charge is 0.466 e. The number of carbonyl (C=O) groups excluding carboxylic acids is 3. The van der Waals surface area contributed by atoms with Gasteiger partial charge in [0.1, 0.15) is 5.75 Å². The van der Waals surface area contributed by atoms with E-state index in [1.54, 1.807) is 30.3 Å². The third-order valence-electron chi connectivity index (χ3n) is 2.70. The van der Waals surface area contributed by atoms with Crippen LogP contribution in [0.3, 0.4) is 0 Å². The van der Waals surface area contributed by atoms with Crippen molar-refractivity contribution >= 4 is 17.8 Å². The Kier molecular flexibility index (Phi) is 4.14. The van der Waals surface area contributed by atoms with E-state index in [9.17, 15) is 14.4 Å². The van der Waals surface area contributed by atoms with Crippen molar-refractivity contribution in [3.8, 4) is 5.75 Å². The summed E-state index contributed by atoms with van der Waals surface area (Å²) < 4.78 is 9.67. The van der Waals surface area contributed by atoms with Crippen molar-refractivity contribution < 1.29 is 23.9 Å². The molecule has 104 valence electrons. The molecule has 0 saturated carbocycles. The van der Waals surface area contributed by atoms with Crippen LogP contribution >= 0.6 is 0 Å². The molecular weight excluding hydrogens is 262 g/mol. The summed E-state index contributed by atoms with van der Waals surface area (Å²) in [7, 11) is 1.22. The van der Waals surface area contributed by atoms with Crippen molar-refractivity contribution in [1.82, 2.24) is 4.90 Å². The molecule has 20 heavy (non-hydrogen) atoms. The van der Waals surface area contributed by atoms with Crippen LogP contribution in [0.25, 0.3) is 0 Å². The number of nitrogens with zero attached hydrogens (tertiary/aromatic N) is 1. The molecule has 0 radical (unpaired) electrons. The Hall–Kier alpha value is -2.63. The van der Waals surface area contributed by atoms with Crippen LogP contribution in [0.2, 0.25) is 0 Å². The van der Waals surface area contributed by atoms with Crippen molar-refractivity contribution in [2.24, 2.45) is 0 Å². The molecule has 1 amide bonds. The van der Waals surface area contributed by atoms with Gasteiger partial charge >= 0.3 is 12.1 Å². The number of hydrogen-bond donors (Lipinski definition) is 0. The highest BCUT2D eigenvalue weighted by molar-refractivity contribution is 6.03. The summed E-state index contributed by atoms with van der Waals surface area (Å²) in [6, 6.07) is 8.49. The van der Waals surface area contributed by atoms with E-state index >= 15 is 0 Å². The Balaban J connectivity index is 2.06. The lowest BCUT2D eigenvalue weighted by atomic mass is 10.1. The van der Waals surface area contributed by atoms with Gasteiger partial charge in [0.05, 0.1) is 25.8 Å². The van der Waals surface area contributed by atoms with Crippen molar-refractivity contribution in [3.63, 3.8) is 0 Å². The molecule has 0 fully saturated rings. The molecule has 0 aromatic heterocycles. The van der Waals surface area contributed by atoms with E-state index in [1.165, 1.54) is 13.2 Å². The third-order valence-corrected chi connectivity index (χ3v) is 2.70. The van der Waals surface area contributed by atoms with E-state index in [2.05, 4.69) is 4.74 Å². The molecule has 0 bridgehead atoms. The summed E-state index contributed by atoms with van der Waals surface area (Å²) in [5.41, 5.74) is 0.133. The zero-order chi connectivity index (χ0) is 14.5. The fourth-order valence-corrected chi connectivity index (χ4v) is 1.77. The molecule has 1 aliphatic rings. The topological polar surface area (TPSA) is 72.9 Å². The van der Waals surface area contributed by atoms with Gasteiger partial charge in [0, 0.05) is 0 Å². The highest BCUT2D eigenvalue weighted by Crippen LogP contribution is 2.14. The van der Waals surface area contributed by atoms with Gasteiger partial charge in [-0.2, -0.15) is 0 Å². The van der Waals surface area contributed by atoms with Gasteiger partial charge in [-0.25, -0.2) is 9.59 Å². The van der Waals surface area contributed by atoms with Gasteiger partial charge in [-0.3, -0.25) is 9.69 Å². The average Bonchev–Trinajstić information content (AvgIpc) is 2.46. The number of methoxy groups -OCH3 is 1. The molecule has 1 aromatic rings. The van der Waals surface area contributed by atoms with Crippen molar-refractivity contribution in [3.05, 3.63) is 42.0 Å². The summed E-state index contributed by atoms with van der Waals surface area (Å²) >= 11 is 0. The summed E-state index contributed by atoms with van der Waals surface area (Å²) in [4.78, 5) is 36.0. The number of ether oxygens (including phenoxy) is 2. The molecule has 6 heteroatoms. The normalized spacial score (nSPS) is 14.6. The zero-order valence-corrected chi connectivity index (χ0v) is 10.9. The molecule has 0 N–H and O–H groups in total. The Morgan fingerprint density at radius 3 is 2.50 bits per heavy atom. The van der Waals surface area contributed by atoms with Gasteiger partial charge < -0.3 is 9.47 Å². The number of esters is 1. The predicted molar refractivity (Wildman–Crippen MR) is 69.1 cm³/mol. The number of amides is 1. The molecule has 0 unspecified atom stereocenters. The van der Waals surface area contributed by atoms with Crippen LogP contribution in [0.15, 0.2) is 42.0 Å². The Morgan fingerprint density at radius 1 is 1.15 bits per heavy atom. The van der Waals surface area contributed by atoms with Gasteiger partial charge in [-0.05, 0) is 18.2 Å². The first kappa shape index (κ1) is 13.8. The van der Waals surface area contributed by atoms with E-state index in [0.717, 1.165) is 4.90 Å². The molecule has 0 aliphatic carbocycles. The minimum Gasteiger partial charge on any atom is -0.466 e. The molecule has 1 aromatic carbocycles. The highest BCUT2D eigenvalue weighted by Gasteiger charge is 2.27. The summed E-state index contributed by atoms with van der Waals surface area (Å²) in [5, 5.41) is 0. The molecule has 1 aliphatic heterocycles. The van der Waals surface area contributed by atoms with Crippen LogP contribution in [-0.2, 0) is 14.3 Å². The second kappa shape index (κ2) is 6.01. The average molecular weight is 275 g/mol. The lowest BCUT2D eigenvalue weighted by Gasteiger charge is -2.24. The SMILES string of the molecule is COC(=O)C1=CC(=O)CN(C(=O)Oc2ccccc2)C1. The number of para-hydroxylation sites is 1. The molecule has 6 nitrogen and oxygen atoms in total. The van der Waals surface area contributed by atoms with Crippen LogP contribution in [0.5, 0.6) is 5.75 Å². The molecule has 0 atom stereocenters. The number of benzene rings is 1. The lowest BCUT2D eigenvalue weighted by molar-refractivity contribution is -0.137. The first-order chi connectivity index (χ1) is 9.60. The Bertz CT molecular complexity index is 564. The standard InChI is InChI=1S/C14H13NO5/c1-19-13(17)10-7-11(16)9-15(8-10)14(18)20-12-5-3-2-4-6-12/h2-7H,8-9H2,1H3. The second-order valence-electron chi connectivity index (χ2n) is 4.16. The maximum absolute atomic E-state index is 11.9. The molecular formula is C14H13NO5. The number of ketones is 1. The summed E-state index contributed by atoms with van der Waals surface area (Å²) in [6.07, 6.45) is 0.511. The number of hydrogen-bond acceptors (Lipinski definition) is 5. The molecule has 0 spiro atoms. The van der Waals surface area contributed by atoms with E-state index in [0.29, 0.717) is 5.75 Å². The highest BCUT2D eigenvalue weighted by atomic mass is 16.6. The molecule has 1 heterocycles. The van der Waals surface area contributed by atoms with Crippen LogP contribution in [0.1, 0.15) is 0 Å².